The number of hydrogen-bond donors (Lipinski definition) is 0. The highest BCUT2D eigenvalue weighted by Gasteiger charge is 2.20. The molecule has 0 spiro atoms. The minimum absolute atomic E-state index is 0.0260. The van der Waals surface area contributed by atoms with E-state index in [-0.39, 0.29) is 22.4 Å². The third-order valence-electron chi connectivity index (χ3n) is 4.06. The maximum Gasteiger partial charge on any atom is 0.287 e. The Balaban J connectivity index is 2.00. The van der Waals surface area contributed by atoms with Crippen LogP contribution in [0.15, 0.2) is 41.3 Å². The van der Waals surface area contributed by atoms with Crippen molar-refractivity contribution < 1.29 is 9.18 Å². The number of halogens is 3. The van der Waals surface area contributed by atoms with Gasteiger partial charge in [0.15, 0.2) is 5.78 Å². The van der Waals surface area contributed by atoms with Crippen molar-refractivity contribution in [2.45, 2.75) is 20.4 Å². The maximum absolute atomic E-state index is 14.1. The van der Waals surface area contributed by atoms with E-state index in [4.69, 9.17) is 23.2 Å². The van der Waals surface area contributed by atoms with E-state index >= 15 is 0 Å². The van der Waals surface area contributed by atoms with Crippen LogP contribution in [-0.2, 0) is 6.54 Å². The number of aromatic nitrogens is 3. The molecule has 2 aromatic heterocycles. The van der Waals surface area contributed by atoms with Crippen LogP contribution in [0.3, 0.4) is 0 Å². The van der Waals surface area contributed by atoms with Crippen LogP contribution in [0.2, 0.25) is 10.0 Å². The highest BCUT2D eigenvalue weighted by atomic mass is 35.5. The molecule has 134 valence electrons. The number of para-hydroxylation sites is 1. The first-order chi connectivity index (χ1) is 12.3. The number of carbonyl (C=O) groups excluding carboxylic acids is 1. The van der Waals surface area contributed by atoms with E-state index in [1.165, 1.54) is 12.3 Å². The minimum Gasteiger partial charge on any atom is -0.315 e. The monoisotopic (exact) mass is 393 g/mol. The molecule has 0 aliphatic heterocycles. The molecule has 8 heteroatoms. The number of carbonyl (C=O) groups is 1. The fourth-order valence-corrected chi connectivity index (χ4v) is 3.10. The van der Waals surface area contributed by atoms with Crippen LogP contribution in [-0.4, -0.2) is 20.1 Å². The lowest BCUT2D eigenvalue weighted by atomic mass is 10.1. The molecule has 0 atom stereocenters. The molecule has 0 fully saturated rings. The first-order valence-corrected chi connectivity index (χ1v) is 8.45. The molecule has 0 bridgehead atoms. The normalized spacial score (nSPS) is 11.0. The molecule has 0 saturated heterocycles. The molecule has 0 unspecified atom stereocenters. The van der Waals surface area contributed by atoms with E-state index in [0.717, 1.165) is 4.68 Å². The summed E-state index contributed by atoms with van der Waals surface area (Å²) in [6.45, 7) is 3.20. The van der Waals surface area contributed by atoms with Crippen LogP contribution in [0.4, 0.5) is 4.39 Å². The molecule has 2 heterocycles. The summed E-state index contributed by atoms with van der Waals surface area (Å²) in [6.07, 6.45) is 1.21. The first kappa shape index (κ1) is 18.4. The molecule has 0 aliphatic rings. The third-order valence-corrected chi connectivity index (χ3v) is 4.81. The third kappa shape index (κ3) is 3.18. The van der Waals surface area contributed by atoms with Crippen LogP contribution in [0.1, 0.15) is 21.7 Å². The second-order valence-corrected chi connectivity index (χ2v) is 6.55. The number of nitrogens with zero attached hydrogens (tertiary/aromatic N) is 3. The first-order valence-electron chi connectivity index (χ1n) is 7.69. The predicted molar refractivity (Wildman–Crippen MR) is 98.0 cm³/mol. The average molecular weight is 394 g/mol. The van der Waals surface area contributed by atoms with Crippen LogP contribution < -0.4 is 5.56 Å². The highest BCUT2D eigenvalue weighted by molar-refractivity contribution is 6.41. The number of ketones is 1. The van der Waals surface area contributed by atoms with Gasteiger partial charge < -0.3 is 4.57 Å². The zero-order valence-electron chi connectivity index (χ0n) is 14.0. The molecular weight excluding hydrogens is 380 g/mol. The Hall–Kier alpha value is -2.44. The van der Waals surface area contributed by atoms with Gasteiger partial charge >= 0.3 is 0 Å². The van der Waals surface area contributed by atoms with Crippen molar-refractivity contribution in [3.63, 3.8) is 0 Å². The Kier molecular flexibility index (Phi) is 4.98. The van der Waals surface area contributed by atoms with Gasteiger partial charge in [0, 0.05) is 17.0 Å². The number of rotatable bonds is 4. The maximum atomic E-state index is 14.1. The zero-order chi connectivity index (χ0) is 19.0. The molecule has 5 nitrogen and oxygen atoms in total. The van der Waals surface area contributed by atoms with E-state index in [1.54, 1.807) is 42.7 Å². The number of aryl methyl sites for hydroxylation is 1. The van der Waals surface area contributed by atoms with Crippen molar-refractivity contribution in [1.82, 2.24) is 14.3 Å². The van der Waals surface area contributed by atoms with E-state index in [2.05, 4.69) is 5.10 Å². The topological polar surface area (TPSA) is 56.9 Å². The van der Waals surface area contributed by atoms with E-state index < -0.39 is 11.4 Å². The van der Waals surface area contributed by atoms with Gasteiger partial charge in [0.2, 0.25) is 0 Å². The Morgan fingerprint density at radius 1 is 1.23 bits per heavy atom. The number of hydrogen-bond acceptors (Lipinski definition) is 3. The molecule has 3 aromatic rings. The Bertz CT molecular complexity index is 1070. The fraction of sp³-hybridized carbons (Fsp3) is 0.167. The quantitative estimate of drug-likeness (QED) is 0.629. The van der Waals surface area contributed by atoms with Gasteiger partial charge in [0.05, 0.1) is 16.9 Å². The Morgan fingerprint density at radius 2 is 1.92 bits per heavy atom. The summed E-state index contributed by atoms with van der Waals surface area (Å²) in [5.41, 5.74) is 1.36. The molecule has 1 aromatic carbocycles. The summed E-state index contributed by atoms with van der Waals surface area (Å²) >= 11 is 11.5. The van der Waals surface area contributed by atoms with Crippen molar-refractivity contribution in [1.29, 1.82) is 0 Å². The predicted octanol–water partition coefficient (Wildman–Crippen LogP) is 3.98. The lowest BCUT2D eigenvalue weighted by Crippen LogP contribution is -2.27. The van der Waals surface area contributed by atoms with Crippen molar-refractivity contribution in [3.8, 4) is 5.69 Å². The summed E-state index contributed by atoms with van der Waals surface area (Å²) in [6, 6.07) is 7.97. The number of benzene rings is 1. The van der Waals surface area contributed by atoms with Crippen molar-refractivity contribution in [2.75, 3.05) is 0 Å². The van der Waals surface area contributed by atoms with E-state index in [1.807, 2.05) is 0 Å². The largest absolute Gasteiger partial charge is 0.315 e. The van der Waals surface area contributed by atoms with Crippen molar-refractivity contribution in [2.24, 2.45) is 0 Å². The van der Waals surface area contributed by atoms with Gasteiger partial charge in [0.25, 0.3) is 5.56 Å². The summed E-state index contributed by atoms with van der Waals surface area (Å²) in [4.78, 5) is 24.7. The van der Waals surface area contributed by atoms with Crippen LogP contribution in [0.5, 0.6) is 0 Å². The van der Waals surface area contributed by atoms with Crippen molar-refractivity contribution in [3.05, 3.63) is 79.7 Å². The van der Waals surface area contributed by atoms with Crippen LogP contribution >= 0.6 is 23.2 Å². The molecular formula is C18H14Cl2FN3O2. The standard InChI is InChI=1S/C18H14Cl2FN3O2/c1-10-7-12(11(2)24(10)15-6-4-3-5-14(15)21)16(25)9-23-18(26)17(20)13(19)8-22-23/h3-8H,9H2,1-2H3. The summed E-state index contributed by atoms with van der Waals surface area (Å²) in [5.74, 6) is -0.732. The Labute approximate surface area is 158 Å². The Morgan fingerprint density at radius 3 is 2.62 bits per heavy atom. The minimum atomic E-state index is -0.643. The van der Waals surface area contributed by atoms with Gasteiger partial charge in [-0.25, -0.2) is 9.07 Å². The molecule has 0 N–H and O–H groups in total. The van der Waals surface area contributed by atoms with E-state index in [0.29, 0.717) is 22.6 Å². The molecule has 0 radical (unpaired) electrons. The lowest BCUT2D eigenvalue weighted by molar-refractivity contribution is 0.0965. The second-order valence-electron chi connectivity index (χ2n) is 5.76. The fourth-order valence-electron chi connectivity index (χ4n) is 2.83. The average Bonchev–Trinajstić information content (AvgIpc) is 2.90. The molecule has 0 saturated carbocycles. The molecule has 0 aliphatic carbocycles. The summed E-state index contributed by atoms with van der Waals surface area (Å²) in [5, 5.41) is 3.67. The summed E-state index contributed by atoms with van der Waals surface area (Å²) < 4.78 is 16.7. The van der Waals surface area contributed by atoms with Crippen molar-refractivity contribution >= 4 is 29.0 Å². The smallest absolute Gasteiger partial charge is 0.287 e. The molecule has 0 amide bonds. The van der Waals surface area contributed by atoms with Gasteiger partial charge in [-0.15, -0.1) is 0 Å². The SMILES string of the molecule is Cc1cc(C(=O)Cn2ncc(Cl)c(Cl)c2=O)c(C)n1-c1ccccc1F. The number of Topliss-reactive ketones (excluding diaryl/α,β-unsaturated/α-hetero) is 1. The van der Waals surface area contributed by atoms with Crippen LogP contribution in [0, 0.1) is 19.7 Å². The van der Waals surface area contributed by atoms with Gasteiger partial charge in [-0.1, -0.05) is 35.3 Å². The van der Waals surface area contributed by atoms with Gasteiger partial charge in [-0.2, -0.15) is 5.10 Å². The zero-order valence-corrected chi connectivity index (χ0v) is 15.5. The second kappa shape index (κ2) is 7.05. The summed E-state index contributed by atoms with van der Waals surface area (Å²) in [7, 11) is 0. The molecule has 3 rings (SSSR count). The highest BCUT2D eigenvalue weighted by Crippen LogP contribution is 2.23. The lowest BCUT2D eigenvalue weighted by Gasteiger charge is -2.11. The van der Waals surface area contributed by atoms with Gasteiger partial charge in [0.1, 0.15) is 17.4 Å². The molecule has 26 heavy (non-hydrogen) atoms. The van der Waals surface area contributed by atoms with Gasteiger partial charge in [-0.3, -0.25) is 9.59 Å². The van der Waals surface area contributed by atoms with Gasteiger partial charge in [-0.05, 0) is 32.0 Å². The van der Waals surface area contributed by atoms with E-state index in [9.17, 15) is 14.0 Å². The van der Waals surface area contributed by atoms with Crippen LogP contribution in [0.25, 0.3) is 5.69 Å².